The summed E-state index contributed by atoms with van der Waals surface area (Å²) in [4.78, 5) is 0. The van der Waals surface area contributed by atoms with E-state index in [1.54, 1.807) is 0 Å². The molecule has 0 bridgehead atoms. The molecule has 4 atom stereocenters. The minimum Gasteiger partial charge on any atom is -0.385 e. The number of hydrogen-bond acceptors (Lipinski definition) is 5. The first kappa shape index (κ1) is 22.8. The summed E-state index contributed by atoms with van der Waals surface area (Å²) in [6.07, 6.45) is -2.68. The van der Waals surface area contributed by atoms with E-state index < -0.39 is 29.7 Å². The van der Waals surface area contributed by atoms with Crippen LogP contribution in [0.1, 0.15) is 69.2 Å². The fourth-order valence-corrected chi connectivity index (χ4v) is 2.24. The number of methoxy groups -OCH3 is 1. The topological polar surface area (TPSA) is 57.2 Å². The van der Waals surface area contributed by atoms with Crippen molar-refractivity contribution in [3.63, 3.8) is 0 Å². The fourth-order valence-electron chi connectivity index (χ4n) is 2.24. The van der Waals surface area contributed by atoms with Crippen molar-refractivity contribution in [2.24, 2.45) is 0 Å². The third-order valence-corrected chi connectivity index (χ3v) is 2.81. The van der Waals surface area contributed by atoms with E-state index in [1.165, 1.54) is 7.11 Å². The molecule has 0 spiro atoms. The summed E-state index contributed by atoms with van der Waals surface area (Å²) in [7, 11) is 1.52. The lowest BCUT2D eigenvalue weighted by molar-refractivity contribution is -0.271. The maximum absolute atomic E-state index is 10.8. The number of rotatable bonds is 7. The van der Waals surface area contributed by atoms with Crippen LogP contribution >= 0.6 is 0 Å². The Morgan fingerprint density at radius 1 is 0.696 bits per heavy atom. The monoisotopic (exact) mass is 334 g/mol. The number of hydrogen-bond donors (Lipinski definition) is 1. The molecule has 5 heteroatoms. The molecule has 0 radical (unpaired) electrons. The van der Waals surface area contributed by atoms with Gasteiger partial charge in [-0.05, 0) is 69.2 Å². The third kappa shape index (κ3) is 10.3. The molecule has 0 aliphatic carbocycles. The zero-order valence-electron chi connectivity index (χ0n) is 16.9. The normalized spacial score (nSPS) is 19.3. The summed E-state index contributed by atoms with van der Waals surface area (Å²) < 4.78 is 23.2. The highest BCUT2D eigenvalue weighted by atomic mass is 16.7. The summed E-state index contributed by atoms with van der Waals surface area (Å²) in [6.45, 7) is 19.4. The number of aliphatic hydroxyl groups is 1. The molecule has 0 amide bonds. The Hall–Kier alpha value is -0.200. The van der Waals surface area contributed by atoms with Crippen LogP contribution in [0.5, 0.6) is 0 Å². The van der Waals surface area contributed by atoms with Crippen LogP contribution in [0.25, 0.3) is 0 Å². The first-order chi connectivity index (χ1) is 10.1. The molecule has 0 aliphatic rings. The summed E-state index contributed by atoms with van der Waals surface area (Å²) in [5.41, 5.74) is -1.21. The number of aliphatic hydroxyl groups excluding tert-OH is 1. The van der Waals surface area contributed by atoms with Crippen molar-refractivity contribution in [2.75, 3.05) is 7.11 Å². The molecule has 4 unspecified atom stereocenters. The van der Waals surface area contributed by atoms with Crippen LogP contribution in [0, 0.1) is 0 Å². The van der Waals surface area contributed by atoms with Crippen LogP contribution in [0.15, 0.2) is 0 Å². The van der Waals surface area contributed by atoms with E-state index in [0.29, 0.717) is 0 Å². The summed E-state index contributed by atoms with van der Waals surface area (Å²) in [6, 6.07) is 0. The van der Waals surface area contributed by atoms with Crippen molar-refractivity contribution >= 4 is 0 Å². The van der Waals surface area contributed by atoms with Crippen molar-refractivity contribution in [1.29, 1.82) is 0 Å². The molecule has 0 saturated carbocycles. The van der Waals surface area contributed by atoms with E-state index in [0.717, 1.165) is 0 Å². The molecule has 0 aromatic heterocycles. The van der Waals surface area contributed by atoms with Gasteiger partial charge in [-0.1, -0.05) is 0 Å². The highest BCUT2D eigenvalue weighted by molar-refractivity contribution is 4.83. The van der Waals surface area contributed by atoms with Gasteiger partial charge in [-0.3, -0.25) is 0 Å². The van der Waals surface area contributed by atoms with Crippen LogP contribution in [0.2, 0.25) is 0 Å². The van der Waals surface area contributed by atoms with Crippen molar-refractivity contribution in [3.05, 3.63) is 0 Å². The second-order valence-electron chi connectivity index (χ2n) is 8.96. The molecular weight excluding hydrogens is 296 g/mol. The number of ether oxygens (including phenoxy) is 4. The first-order valence-electron chi connectivity index (χ1n) is 8.30. The lowest BCUT2D eigenvalue weighted by Gasteiger charge is -2.40. The Balaban J connectivity index is 5.31. The van der Waals surface area contributed by atoms with Crippen LogP contribution < -0.4 is 0 Å². The van der Waals surface area contributed by atoms with E-state index in [-0.39, 0.29) is 11.7 Å². The summed E-state index contributed by atoms with van der Waals surface area (Å²) in [5.74, 6) is 0. The van der Waals surface area contributed by atoms with Crippen molar-refractivity contribution in [1.82, 2.24) is 0 Å². The van der Waals surface area contributed by atoms with E-state index in [9.17, 15) is 5.11 Å². The largest absolute Gasteiger partial charge is 0.385 e. The SMILES string of the molecule is COC(OC(C)(C)C)C(O)C(OC(C)(C)C)C(C)OC(C)(C)C. The Kier molecular flexibility index (Phi) is 8.18. The minimum absolute atomic E-state index is 0.328. The molecular formula is C18H38O5. The molecule has 0 aromatic rings. The van der Waals surface area contributed by atoms with Crippen LogP contribution in [-0.4, -0.2) is 53.6 Å². The minimum atomic E-state index is -0.976. The van der Waals surface area contributed by atoms with Crippen molar-refractivity contribution in [3.8, 4) is 0 Å². The quantitative estimate of drug-likeness (QED) is 0.722. The molecule has 0 saturated heterocycles. The predicted molar refractivity (Wildman–Crippen MR) is 92.6 cm³/mol. The maximum atomic E-state index is 10.8. The second kappa shape index (κ2) is 8.26. The maximum Gasteiger partial charge on any atom is 0.186 e. The van der Waals surface area contributed by atoms with Gasteiger partial charge in [0.1, 0.15) is 12.2 Å². The molecule has 5 nitrogen and oxygen atoms in total. The van der Waals surface area contributed by atoms with E-state index in [4.69, 9.17) is 18.9 Å². The van der Waals surface area contributed by atoms with Crippen LogP contribution in [0.3, 0.4) is 0 Å². The zero-order valence-corrected chi connectivity index (χ0v) is 16.9. The summed E-state index contributed by atoms with van der Waals surface area (Å²) >= 11 is 0. The van der Waals surface area contributed by atoms with Crippen LogP contribution in [-0.2, 0) is 18.9 Å². The van der Waals surface area contributed by atoms with E-state index in [2.05, 4.69) is 0 Å². The highest BCUT2D eigenvalue weighted by Gasteiger charge is 2.39. The Morgan fingerprint density at radius 3 is 1.39 bits per heavy atom. The van der Waals surface area contributed by atoms with Gasteiger partial charge in [-0.25, -0.2) is 0 Å². The first-order valence-corrected chi connectivity index (χ1v) is 8.30. The average molecular weight is 334 g/mol. The zero-order chi connectivity index (χ0) is 18.6. The second-order valence-corrected chi connectivity index (χ2v) is 8.96. The Morgan fingerprint density at radius 2 is 1.09 bits per heavy atom. The van der Waals surface area contributed by atoms with Crippen LogP contribution in [0.4, 0.5) is 0 Å². The molecule has 0 rings (SSSR count). The van der Waals surface area contributed by atoms with E-state index >= 15 is 0 Å². The Labute approximate surface area is 142 Å². The molecule has 0 heterocycles. The van der Waals surface area contributed by atoms with Gasteiger partial charge in [0.15, 0.2) is 6.29 Å². The fraction of sp³-hybridized carbons (Fsp3) is 1.00. The Bertz CT molecular complexity index is 335. The van der Waals surface area contributed by atoms with Gasteiger partial charge in [0.2, 0.25) is 0 Å². The lowest BCUT2D eigenvalue weighted by Crippen LogP contribution is -2.52. The molecule has 1 N–H and O–H groups in total. The molecule has 0 aliphatic heterocycles. The molecule has 140 valence electrons. The van der Waals surface area contributed by atoms with E-state index in [1.807, 2.05) is 69.2 Å². The average Bonchev–Trinajstić information content (AvgIpc) is 2.27. The molecule has 0 fully saturated rings. The molecule has 23 heavy (non-hydrogen) atoms. The standard InChI is InChI=1S/C18H38O5/c1-12(21-16(2,3)4)14(22-17(5,6)7)13(19)15(20-11)23-18(8,9)10/h12-15,19H,1-11H3. The van der Waals surface area contributed by atoms with Gasteiger partial charge < -0.3 is 24.1 Å². The highest BCUT2D eigenvalue weighted by Crippen LogP contribution is 2.25. The lowest BCUT2D eigenvalue weighted by atomic mass is 10.0. The predicted octanol–water partition coefficient (Wildman–Crippen LogP) is 3.52. The third-order valence-electron chi connectivity index (χ3n) is 2.81. The van der Waals surface area contributed by atoms with Gasteiger partial charge in [-0.2, -0.15) is 0 Å². The smallest absolute Gasteiger partial charge is 0.186 e. The van der Waals surface area contributed by atoms with Gasteiger partial charge in [0.05, 0.1) is 22.9 Å². The van der Waals surface area contributed by atoms with Gasteiger partial charge >= 0.3 is 0 Å². The molecule has 0 aromatic carbocycles. The van der Waals surface area contributed by atoms with Gasteiger partial charge in [-0.15, -0.1) is 0 Å². The summed E-state index contributed by atoms with van der Waals surface area (Å²) in [5, 5.41) is 10.8. The van der Waals surface area contributed by atoms with Crippen molar-refractivity contribution in [2.45, 2.75) is 111 Å². The van der Waals surface area contributed by atoms with Gasteiger partial charge in [0.25, 0.3) is 0 Å². The van der Waals surface area contributed by atoms with Gasteiger partial charge in [0, 0.05) is 7.11 Å². The van der Waals surface area contributed by atoms with Crippen molar-refractivity contribution < 1.29 is 24.1 Å².